The monoisotopic (exact) mass is 224 g/mol. The van der Waals surface area contributed by atoms with Crippen LogP contribution in [-0.2, 0) is 9.53 Å². The second-order valence-corrected chi connectivity index (χ2v) is 3.08. The van der Waals surface area contributed by atoms with Crippen LogP contribution in [0.25, 0.3) is 0 Å². The van der Waals surface area contributed by atoms with Crippen molar-refractivity contribution in [2.24, 2.45) is 0 Å². The Balaban J connectivity index is 0.00000169. The number of halogens is 1. The van der Waals surface area contributed by atoms with Crippen molar-refractivity contribution in [2.75, 3.05) is 13.7 Å². The summed E-state index contributed by atoms with van der Waals surface area (Å²) >= 11 is 0. The third kappa shape index (κ3) is 2.49. The lowest BCUT2D eigenvalue weighted by atomic mass is 10.2. The lowest BCUT2D eigenvalue weighted by Crippen LogP contribution is -3.00. The van der Waals surface area contributed by atoms with E-state index in [0.717, 1.165) is 4.90 Å². The highest BCUT2D eigenvalue weighted by Gasteiger charge is 2.40. The molecule has 6 nitrogen and oxygen atoms in total. The normalized spacial score (nSPS) is 25.4. The van der Waals surface area contributed by atoms with Crippen molar-refractivity contribution in [3.63, 3.8) is 0 Å². The van der Waals surface area contributed by atoms with Gasteiger partial charge in [0.2, 0.25) is 0 Å². The van der Waals surface area contributed by atoms with Crippen LogP contribution >= 0.6 is 0 Å². The fourth-order valence-corrected chi connectivity index (χ4v) is 1.49. The van der Waals surface area contributed by atoms with Gasteiger partial charge in [0.05, 0.1) is 13.7 Å². The van der Waals surface area contributed by atoms with Gasteiger partial charge in [0.15, 0.2) is 0 Å². The van der Waals surface area contributed by atoms with Crippen LogP contribution in [0.2, 0.25) is 0 Å². The van der Waals surface area contributed by atoms with Crippen LogP contribution < -0.4 is 18.1 Å². The number of rotatable bonds is 1. The molecule has 1 heterocycles. The van der Waals surface area contributed by atoms with E-state index in [0.29, 0.717) is 13.0 Å². The van der Waals surface area contributed by atoms with E-state index in [1.807, 2.05) is 0 Å². The first-order valence-corrected chi connectivity index (χ1v) is 3.96. The Kier molecular flexibility index (Phi) is 4.65. The van der Waals surface area contributed by atoms with Gasteiger partial charge < -0.3 is 28.0 Å². The molecule has 0 unspecified atom stereocenters. The van der Waals surface area contributed by atoms with Crippen LogP contribution in [-0.4, -0.2) is 47.8 Å². The Hall–Kier alpha value is -1.01. The smallest absolute Gasteiger partial charge is 0.408 e. The summed E-state index contributed by atoms with van der Waals surface area (Å²) in [6.45, 7) is 0.301. The topological polar surface area (TPSA) is 94.5 Å². The van der Waals surface area contributed by atoms with Crippen molar-refractivity contribution in [1.29, 1.82) is 0 Å². The van der Waals surface area contributed by atoms with Crippen molar-refractivity contribution in [1.82, 2.24) is 4.90 Å². The van der Waals surface area contributed by atoms with Gasteiger partial charge in [-0.15, -0.1) is 0 Å². The first kappa shape index (κ1) is 13.0. The summed E-state index contributed by atoms with van der Waals surface area (Å²) in [6.07, 6.45) is -0.652. The molecule has 1 aliphatic heterocycles. The molecule has 0 saturated carbocycles. The van der Waals surface area contributed by atoms with Crippen LogP contribution in [0.3, 0.4) is 0 Å². The summed E-state index contributed by atoms with van der Waals surface area (Å²) in [5, 5.41) is 8.74. The van der Waals surface area contributed by atoms with Gasteiger partial charge in [-0.3, -0.25) is 4.90 Å². The summed E-state index contributed by atoms with van der Waals surface area (Å²) in [7, 11) is 1.25. The number of hydrogen-bond acceptors (Lipinski definition) is 3. The van der Waals surface area contributed by atoms with E-state index < -0.39 is 18.1 Å². The van der Waals surface area contributed by atoms with Gasteiger partial charge in [-0.25, -0.2) is 9.59 Å². The Labute approximate surface area is 87.4 Å². The van der Waals surface area contributed by atoms with E-state index in [4.69, 9.17) is 5.11 Å². The van der Waals surface area contributed by atoms with Crippen LogP contribution in [0.4, 0.5) is 4.79 Å². The largest absolute Gasteiger partial charge is 1.00 e. The second kappa shape index (κ2) is 5.02. The van der Waals surface area contributed by atoms with Gasteiger partial charge in [0.1, 0.15) is 12.1 Å². The molecular formula is C7H13ClN2O4. The van der Waals surface area contributed by atoms with E-state index in [1.54, 1.807) is 0 Å². The minimum atomic E-state index is -1.10. The molecule has 1 saturated heterocycles. The van der Waals surface area contributed by atoms with Gasteiger partial charge in [-0.1, -0.05) is 0 Å². The van der Waals surface area contributed by atoms with Crippen molar-refractivity contribution in [2.45, 2.75) is 18.5 Å². The van der Waals surface area contributed by atoms with Crippen LogP contribution in [0, 0.1) is 0 Å². The molecule has 0 spiro atoms. The molecule has 1 rings (SSSR count). The van der Waals surface area contributed by atoms with Gasteiger partial charge in [0, 0.05) is 6.42 Å². The number of carboxylic acid groups (broad SMARTS) is 1. The molecule has 1 fully saturated rings. The quantitative estimate of drug-likeness (QED) is 0.439. The highest BCUT2D eigenvalue weighted by Crippen LogP contribution is 2.16. The fraction of sp³-hybridized carbons (Fsp3) is 0.714. The zero-order chi connectivity index (χ0) is 10.0. The number of esters is 1. The summed E-state index contributed by atoms with van der Waals surface area (Å²) in [4.78, 5) is 22.9. The standard InChI is InChI=1S/C7H12N2O4.ClH/c1-13-6(10)5-2-4(8)3-9(5)7(11)12;/h4-5H,2-3,8H2,1H3,(H,11,12);1H/t4-,5+;/m1./s1. The maximum absolute atomic E-state index is 11.1. The van der Waals surface area contributed by atoms with Crippen molar-refractivity contribution < 1.29 is 37.6 Å². The number of likely N-dealkylation sites (tertiary alicyclic amines) is 1. The molecule has 0 aliphatic carbocycles. The number of methoxy groups -OCH3 is 1. The van der Waals surface area contributed by atoms with Gasteiger partial charge in [-0.2, -0.15) is 0 Å². The number of quaternary nitrogens is 1. The molecular weight excluding hydrogens is 212 g/mol. The first-order chi connectivity index (χ1) is 6.06. The fourth-order valence-electron chi connectivity index (χ4n) is 1.49. The maximum atomic E-state index is 11.1. The van der Waals surface area contributed by atoms with E-state index in [1.165, 1.54) is 7.11 Å². The number of hydrogen-bond donors (Lipinski definition) is 2. The van der Waals surface area contributed by atoms with Crippen molar-refractivity contribution in [3.05, 3.63) is 0 Å². The lowest BCUT2D eigenvalue weighted by molar-refractivity contribution is -0.414. The number of carbonyl (C=O) groups is 2. The number of nitrogens with zero attached hydrogens (tertiary/aromatic N) is 1. The molecule has 4 N–H and O–H groups in total. The van der Waals surface area contributed by atoms with Crippen LogP contribution in [0.5, 0.6) is 0 Å². The zero-order valence-corrected chi connectivity index (χ0v) is 8.53. The summed E-state index contributed by atoms with van der Waals surface area (Å²) in [6, 6.07) is -0.704. The minimum Gasteiger partial charge on any atom is -1.00 e. The first-order valence-electron chi connectivity index (χ1n) is 3.96. The molecule has 0 aromatic heterocycles. The Bertz CT molecular complexity index is 236. The van der Waals surface area contributed by atoms with E-state index in [2.05, 4.69) is 10.5 Å². The third-order valence-corrected chi connectivity index (χ3v) is 2.11. The Morgan fingerprint density at radius 2 is 2.14 bits per heavy atom. The van der Waals surface area contributed by atoms with E-state index in [9.17, 15) is 9.59 Å². The summed E-state index contributed by atoms with van der Waals surface area (Å²) in [5.74, 6) is -0.506. The molecule has 0 bridgehead atoms. The van der Waals surface area contributed by atoms with Crippen LogP contribution in [0.15, 0.2) is 0 Å². The molecule has 82 valence electrons. The van der Waals surface area contributed by atoms with E-state index in [-0.39, 0.29) is 18.4 Å². The highest BCUT2D eigenvalue weighted by molar-refractivity contribution is 5.81. The molecule has 0 radical (unpaired) electrons. The lowest BCUT2D eigenvalue weighted by Gasteiger charge is -2.17. The zero-order valence-electron chi connectivity index (χ0n) is 7.77. The van der Waals surface area contributed by atoms with E-state index >= 15 is 0 Å². The predicted molar refractivity (Wildman–Crippen MR) is 41.8 cm³/mol. The minimum absolute atomic E-state index is 0. The van der Waals surface area contributed by atoms with Crippen LogP contribution in [0.1, 0.15) is 6.42 Å². The van der Waals surface area contributed by atoms with Gasteiger partial charge in [0.25, 0.3) is 0 Å². The highest BCUT2D eigenvalue weighted by atomic mass is 35.5. The number of amides is 1. The molecule has 14 heavy (non-hydrogen) atoms. The number of carbonyl (C=O) groups excluding carboxylic acids is 1. The average Bonchev–Trinajstić information content (AvgIpc) is 2.46. The third-order valence-electron chi connectivity index (χ3n) is 2.11. The maximum Gasteiger partial charge on any atom is 0.408 e. The molecule has 1 amide bonds. The van der Waals surface area contributed by atoms with Gasteiger partial charge >= 0.3 is 12.1 Å². The Morgan fingerprint density at radius 1 is 1.57 bits per heavy atom. The molecule has 1 aliphatic rings. The molecule has 0 aromatic carbocycles. The van der Waals surface area contributed by atoms with Crippen molar-refractivity contribution >= 4 is 12.1 Å². The summed E-state index contributed by atoms with van der Waals surface area (Å²) < 4.78 is 4.49. The van der Waals surface area contributed by atoms with Crippen molar-refractivity contribution in [3.8, 4) is 0 Å². The molecule has 7 heteroatoms. The molecule has 2 atom stereocenters. The predicted octanol–water partition coefficient (Wildman–Crippen LogP) is -4.47. The Morgan fingerprint density at radius 3 is 2.57 bits per heavy atom. The SMILES string of the molecule is COC(=O)[C@@H]1C[C@@H]([NH3+])CN1C(=O)O.[Cl-]. The van der Waals surface area contributed by atoms with Gasteiger partial charge in [-0.05, 0) is 0 Å². The second-order valence-electron chi connectivity index (χ2n) is 3.08. The average molecular weight is 225 g/mol. The number of ether oxygens (including phenoxy) is 1. The summed E-state index contributed by atoms with van der Waals surface area (Å²) in [5.41, 5.74) is 3.72. The molecule has 0 aromatic rings.